The average molecular weight is 599 g/mol. The van der Waals surface area contributed by atoms with Crippen LogP contribution >= 0.6 is 0 Å². The van der Waals surface area contributed by atoms with E-state index in [1.807, 2.05) is 0 Å². The lowest BCUT2D eigenvalue weighted by Crippen LogP contribution is -2.33. The predicted octanol–water partition coefficient (Wildman–Crippen LogP) is 6.83. The van der Waals surface area contributed by atoms with Crippen molar-refractivity contribution in [3.63, 3.8) is 0 Å². The fourth-order valence-corrected chi connectivity index (χ4v) is 7.82. The summed E-state index contributed by atoms with van der Waals surface area (Å²) in [4.78, 5) is 15.5. The van der Waals surface area contributed by atoms with E-state index in [2.05, 4.69) is 28.4 Å². The molecular weight excluding hydrogens is 561 g/mol. The lowest BCUT2D eigenvalue weighted by molar-refractivity contribution is -0.137. The quantitative estimate of drug-likeness (QED) is 0.293. The van der Waals surface area contributed by atoms with E-state index in [-0.39, 0.29) is 18.4 Å². The van der Waals surface area contributed by atoms with Crippen molar-refractivity contribution >= 4 is 15.7 Å². The molecule has 1 aliphatic carbocycles. The maximum absolute atomic E-state index is 13.4. The molecule has 0 bridgehead atoms. The number of carbonyl (C=O) groups excluding carboxylic acids is 1. The van der Waals surface area contributed by atoms with Crippen LogP contribution in [0.2, 0.25) is 0 Å². The highest BCUT2D eigenvalue weighted by Crippen LogP contribution is 2.34. The summed E-state index contributed by atoms with van der Waals surface area (Å²) in [5.41, 5.74) is 3.26. The van der Waals surface area contributed by atoms with Crippen molar-refractivity contribution in [2.45, 2.75) is 74.5 Å². The molecule has 5 nitrogen and oxygen atoms in total. The molecule has 3 aromatic rings. The smallest absolute Gasteiger partial charge is 0.349 e. The average Bonchev–Trinajstić information content (AvgIpc) is 2.97. The number of aryl methyl sites for hydroxylation is 1. The van der Waals surface area contributed by atoms with E-state index in [9.17, 15) is 26.4 Å². The first-order chi connectivity index (χ1) is 20.1. The Morgan fingerprint density at radius 2 is 1.69 bits per heavy atom. The summed E-state index contributed by atoms with van der Waals surface area (Å²) in [7, 11) is -4.12. The molecule has 0 radical (unpaired) electrons. The Bertz CT molecular complexity index is 1490. The lowest BCUT2D eigenvalue weighted by atomic mass is 9.86. The van der Waals surface area contributed by atoms with E-state index in [0.717, 1.165) is 56.6 Å². The maximum atomic E-state index is 13.4. The number of carbonyl (C=O) groups is 1. The molecule has 1 amide bonds. The van der Waals surface area contributed by atoms with Gasteiger partial charge in [0, 0.05) is 18.9 Å². The van der Waals surface area contributed by atoms with Crippen molar-refractivity contribution in [1.29, 1.82) is 0 Å². The number of rotatable bonds is 9. The zero-order chi connectivity index (χ0) is 29.7. The number of sulfone groups is 1. The minimum Gasteiger partial charge on any atom is -0.349 e. The monoisotopic (exact) mass is 598 g/mol. The van der Waals surface area contributed by atoms with Gasteiger partial charge in [-0.15, -0.1) is 0 Å². The van der Waals surface area contributed by atoms with Crippen LogP contribution in [0, 0.1) is 0 Å². The predicted molar refractivity (Wildman–Crippen MR) is 157 cm³/mol. The molecule has 0 aromatic heterocycles. The molecular formula is C33H37F3N2O3S. The topological polar surface area (TPSA) is 66.5 Å². The second-order valence-electron chi connectivity index (χ2n) is 11.5. The van der Waals surface area contributed by atoms with Crippen LogP contribution in [0.1, 0.15) is 78.3 Å². The van der Waals surface area contributed by atoms with Gasteiger partial charge < -0.3 is 5.32 Å². The van der Waals surface area contributed by atoms with Crippen LogP contribution in [0.4, 0.5) is 13.2 Å². The summed E-state index contributed by atoms with van der Waals surface area (Å²) in [5, 5.41) is 3.14. The van der Waals surface area contributed by atoms with Crippen molar-refractivity contribution in [1.82, 2.24) is 10.2 Å². The molecule has 0 saturated carbocycles. The van der Waals surface area contributed by atoms with Crippen LogP contribution in [-0.2, 0) is 33.8 Å². The van der Waals surface area contributed by atoms with Gasteiger partial charge in [0.2, 0.25) is 5.91 Å². The summed E-state index contributed by atoms with van der Waals surface area (Å²) in [6.45, 7) is 3.19. The number of hydrogen-bond donors (Lipinski definition) is 1. The Morgan fingerprint density at radius 1 is 0.929 bits per heavy atom. The number of benzene rings is 3. The molecule has 1 fully saturated rings. The molecule has 0 unspecified atom stereocenters. The van der Waals surface area contributed by atoms with Crippen molar-refractivity contribution < 1.29 is 26.4 Å². The van der Waals surface area contributed by atoms with Gasteiger partial charge in [0.25, 0.3) is 0 Å². The normalized spacial score (nSPS) is 18.7. The van der Waals surface area contributed by atoms with Gasteiger partial charge in [0.1, 0.15) is 0 Å². The van der Waals surface area contributed by atoms with Gasteiger partial charge in [0.15, 0.2) is 9.84 Å². The van der Waals surface area contributed by atoms with E-state index in [0.29, 0.717) is 11.6 Å². The second-order valence-corrected chi connectivity index (χ2v) is 13.5. The highest BCUT2D eigenvalue weighted by atomic mass is 32.2. The minimum absolute atomic E-state index is 0.0961. The van der Waals surface area contributed by atoms with Crippen LogP contribution in [-0.4, -0.2) is 38.1 Å². The van der Waals surface area contributed by atoms with Crippen LogP contribution in [0.25, 0.3) is 0 Å². The Kier molecular flexibility index (Phi) is 9.38. The van der Waals surface area contributed by atoms with Crippen LogP contribution in [0.3, 0.4) is 0 Å². The summed E-state index contributed by atoms with van der Waals surface area (Å²) >= 11 is 0. The summed E-state index contributed by atoms with van der Waals surface area (Å²) in [6, 6.07) is 18.9. The molecule has 1 N–H and O–H groups in total. The summed E-state index contributed by atoms with van der Waals surface area (Å²) < 4.78 is 66.4. The number of nitrogens with one attached hydrogen (secondary N) is 1. The van der Waals surface area contributed by atoms with Gasteiger partial charge in [-0.1, -0.05) is 61.0 Å². The first-order valence-electron chi connectivity index (χ1n) is 14.7. The van der Waals surface area contributed by atoms with Crippen LogP contribution < -0.4 is 5.32 Å². The molecule has 2 aliphatic rings. The molecule has 224 valence electrons. The number of hydrogen-bond acceptors (Lipinski definition) is 4. The Balaban J connectivity index is 1.30. The number of piperidine rings is 1. The number of halogens is 3. The lowest BCUT2D eigenvalue weighted by Gasteiger charge is -2.29. The second kappa shape index (κ2) is 13.0. The third kappa shape index (κ3) is 7.61. The molecule has 9 heteroatoms. The van der Waals surface area contributed by atoms with Gasteiger partial charge in [-0.2, -0.15) is 13.2 Å². The number of alkyl halides is 3. The molecule has 0 spiro atoms. The third-order valence-corrected chi connectivity index (χ3v) is 10.2. The van der Waals surface area contributed by atoms with Crippen LogP contribution in [0.5, 0.6) is 0 Å². The maximum Gasteiger partial charge on any atom is 0.416 e. The van der Waals surface area contributed by atoms with E-state index in [4.69, 9.17) is 0 Å². The molecule has 5 rings (SSSR count). The van der Waals surface area contributed by atoms with Crippen molar-refractivity contribution in [2.24, 2.45) is 0 Å². The zero-order valence-corrected chi connectivity index (χ0v) is 24.4. The molecule has 42 heavy (non-hydrogen) atoms. The van der Waals surface area contributed by atoms with E-state index in [1.165, 1.54) is 36.5 Å². The third-order valence-electron chi connectivity index (χ3n) is 8.36. The highest BCUT2D eigenvalue weighted by Gasteiger charge is 2.33. The Morgan fingerprint density at radius 3 is 2.43 bits per heavy atom. The van der Waals surface area contributed by atoms with Crippen molar-refractivity contribution in [2.75, 3.05) is 18.8 Å². The number of likely N-dealkylation sites (tertiary alicyclic amines) is 1. The first-order valence-corrected chi connectivity index (χ1v) is 16.3. The Hall–Kier alpha value is -3.17. The van der Waals surface area contributed by atoms with Gasteiger partial charge >= 0.3 is 6.18 Å². The summed E-state index contributed by atoms with van der Waals surface area (Å²) in [5.74, 6) is -1.48. The van der Waals surface area contributed by atoms with Crippen molar-refractivity contribution in [3.05, 3.63) is 101 Å². The van der Waals surface area contributed by atoms with E-state index < -0.39 is 38.1 Å². The minimum atomic E-state index is -4.66. The fourth-order valence-electron chi connectivity index (χ4n) is 6.19. The SMILES string of the molecule is O=C(C[C@@H](CS(=O)(=O)c1cccc(C(F)(F)F)c1)c1ccccc1)N[C@@H]1CCCc2cc(CN3CCCCC3)ccc21. The van der Waals surface area contributed by atoms with Crippen LogP contribution in [0.15, 0.2) is 77.7 Å². The number of fused-ring (bicyclic) bond motifs is 1. The highest BCUT2D eigenvalue weighted by molar-refractivity contribution is 7.91. The molecule has 1 saturated heterocycles. The van der Waals surface area contributed by atoms with E-state index in [1.54, 1.807) is 30.3 Å². The molecule has 2 atom stereocenters. The number of amides is 1. The largest absolute Gasteiger partial charge is 0.416 e. The number of nitrogens with zero attached hydrogens (tertiary/aromatic N) is 1. The van der Waals surface area contributed by atoms with E-state index >= 15 is 0 Å². The van der Waals surface area contributed by atoms with Crippen molar-refractivity contribution in [3.8, 4) is 0 Å². The molecule has 1 aliphatic heterocycles. The van der Waals surface area contributed by atoms with Gasteiger partial charge in [-0.3, -0.25) is 9.69 Å². The zero-order valence-electron chi connectivity index (χ0n) is 23.6. The first kappa shape index (κ1) is 30.3. The molecule has 3 aromatic carbocycles. The van der Waals surface area contributed by atoms with Gasteiger partial charge in [0.05, 0.1) is 22.3 Å². The standard InChI is InChI=1S/C33H37F3N2O3S/c34-33(35,36)28-12-8-13-29(21-28)42(40,41)23-27(25-9-3-1-4-10-25)20-32(39)37-31-14-7-11-26-19-24(15-16-30(26)31)22-38-17-5-2-6-18-38/h1,3-4,8-10,12-13,15-16,19,21,27,31H,2,5-7,11,14,17-18,20,22-23H2,(H,37,39)/t27-,31+/m0/s1. The molecule has 1 heterocycles. The van der Waals surface area contributed by atoms with Gasteiger partial charge in [-0.25, -0.2) is 8.42 Å². The Labute approximate surface area is 246 Å². The fraction of sp³-hybridized carbons (Fsp3) is 0.424. The van der Waals surface area contributed by atoms with Gasteiger partial charge in [-0.05, 0) is 85.6 Å². The summed E-state index contributed by atoms with van der Waals surface area (Å²) in [6.07, 6.45) is 1.71.